The van der Waals surface area contributed by atoms with Gasteiger partial charge in [-0.05, 0) is 41.3 Å². The van der Waals surface area contributed by atoms with Gasteiger partial charge in [-0.1, -0.05) is 13.0 Å². The summed E-state index contributed by atoms with van der Waals surface area (Å²) in [6.45, 7) is 2.96. The summed E-state index contributed by atoms with van der Waals surface area (Å²) in [5, 5.41) is 5.11. The number of thiazole rings is 1. The van der Waals surface area contributed by atoms with Crippen molar-refractivity contribution >= 4 is 39.9 Å². The third kappa shape index (κ3) is 2.65. The zero-order chi connectivity index (χ0) is 15.8. The first-order valence-electron chi connectivity index (χ1n) is 7.65. The third-order valence-electron chi connectivity index (χ3n) is 4.19. The lowest BCUT2D eigenvalue weighted by Gasteiger charge is -2.35. The van der Waals surface area contributed by atoms with Crippen molar-refractivity contribution in [2.24, 2.45) is 0 Å². The molecule has 0 saturated heterocycles. The second-order valence-electron chi connectivity index (χ2n) is 5.48. The van der Waals surface area contributed by atoms with Crippen LogP contribution in [0.15, 0.2) is 35.2 Å². The van der Waals surface area contributed by atoms with E-state index in [1.807, 2.05) is 33.7 Å². The van der Waals surface area contributed by atoms with Crippen LogP contribution in [0, 0.1) is 0 Å². The van der Waals surface area contributed by atoms with Gasteiger partial charge in [0.05, 0.1) is 17.1 Å². The number of fused-ring (bicyclic) bond motifs is 1. The number of aromatic nitrogens is 1. The maximum absolute atomic E-state index is 13.0. The van der Waals surface area contributed by atoms with E-state index in [1.54, 1.807) is 17.5 Å². The monoisotopic (exact) mass is 360 g/mol. The Kier molecular flexibility index (Phi) is 4.05. The fourth-order valence-electron chi connectivity index (χ4n) is 3.11. The van der Waals surface area contributed by atoms with Gasteiger partial charge in [-0.15, -0.1) is 34.0 Å². The van der Waals surface area contributed by atoms with Gasteiger partial charge in [-0.25, -0.2) is 4.98 Å². The number of carbonyl (C=O) groups excluding carboxylic acids is 1. The van der Waals surface area contributed by atoms with Gasteiger partial charge in [0.2, 0.25) is 0 Å². The summed E-state index contributed by atoms with van der Waals surface area (Å²) in [4.78, 5) is 22.8. The summed E-state index contributed by atoms with van der Waals surface area (Å²) >= 11 is 4.97. The van der Waals surface area contributed by atoms with Crippen LogP contribution in [0.1, 0.15) is 39.5 Å². The largest absolute Gasteiger partial charge is 0.330 e. The molecule has 1 unspecified atom stereocenters. The first-order chi connectivity index (χ1) is 11.3. The smallest absolute Gasteiger partial charge is 0.266 e. The van der Waals surface area contributed by atoms with Crippen LogP contribution in [0.2, 0.25) is 0 Å². The fourth-order valence-corrected chi connectivity index (χ4v) is 5.71. The minimum atomic E-state index is 0.119. The molecular formula is C17H16N2OS3. The van der Waals surface area contributed by atoms with Crippen molar-refractivity contribution < 1.29 is 4.79 Å². The van der Waals surface area contributed by atoms with Crippen LogP contribution in [0.25, 0.3) is 9.88 Å². The van der Waals surface area contributed by atoms with E-state index in [9.17, 15) is 4.79 Å². The molecule has 3 aromatic heterocycles. The highest BCUT2D eigenvalue weighted by atomic mass is 32.1. The summed E-state index contributed by atoms with van der Waals surface area (Å²) in [5.41, 5.74) is 1.33. The molecule has 0 aliphatic carbocycles. The van der Waals surface area contributed by atoms with Crippen LogP contribution in [0.4, 0.5) is 0 Å². The maximum atomic E-state index is 13.0. The van der Waals surface area contributed by atoms with Crippen molar-refractivity contribution in [2.45, 2.75) is 25.8 Å². The molecule has 1 atom stereocenters. The summed E-state index contributed by atoms with van der Waals surface area (Å²) in [6, 6.07) is 6.44. The topological polar surface area (TPSA) is 33.2 Å². The van der Waals surface area contributed by atoms with E-state index in [1.165, 1.54) is 21.8 Å². The second-order valence-corrected chi connectivity index (χ2v) is 8.46. The van der Waals surface area contributed by atoms with E-state index in [0.717, 1.165) is 34.1 Å². The number of rotatable bonds is 3. The number of carbonyl (C=O) groups is 1. The molecule has 118 valence electrons. The predicted molar refractivity (Wildman–Crippen MR) is 97.5 cm³/mol. The van der Waals surface area contributed by atoms with Gasteiger partial charge in [0, 0.05) is 11.4 Å². The Morgan fingerprint density at radius 3 is 3.04 bits per heavy atom. The van der Waals surface area contributed by atoms with E-state index >= 15 is 0 Å². The van der Waals surface area contributed by atoms with E-state index in [0.29, 0.717) is 0 Å². The van der Waals surface area contributed by atoms with Gasteiger partial charge >= 0.3 is 0 Å². The standard InChI is InChI=1S/C17H16N2OS3/c1-2-12-11-6-9-22-13(11)5-7-19(12)17(20)15-10-18-16(23-15)14-4-3-8-21-14/h3-4,6,8-10,12H,2,5,7H2,1H3. The molecule has 4 rings (SSSR count). The molecule has 3 nitrogen and oxygen atoms in total. The lowest BCUT2D eigenvalue weighted by atomic mass is 9.97. The Morgan fingerprint density at radius 2 is 2.26 bits per heavy atom. The predicted octanol–water partition coefficient (Wildman–Crippen LogP) is 5.08. The molecule has 23 heavy (non-hydrogen) atoms. The molecular weight excluding hydrogens is 344 g/mol. The minimum absolute atomic E-state index is 0.119. The third-order valence-corrected chi connectivity index (χ3v) is 7.21. The minimum Gasteiger partial charge on any atom is -0.330 e. The Balaban J connectivity index is 1.62. The van der Waals surface area contributed by atoms with Crippen molar-refractivity contribution in [3.05, 3.63) is 50.5 Å². The van der Waals surface area contributed by atoms with Gasteiger partial charge in [-0.3, -0.25) is 4.79 Å². The average Bonchev–Trinajstić information content (AvgIpc) is 3.32. The molecule has 0 bridgehead atoms. The zero-order valence-electron chi connectivity index (χ0n) is 12.7. The lowest BCUT2D eigenvalue weighted by Crippen LogP contribution is -2.39. The van der Waals surface area contributed by atoms with Crippen LogP contribution in [-0.2, 0) is 6.42 Å². The molecule has 0 N–H and O–H groups in total. The van der Waals surface area contributed by atoms with Crippen molar-refractivity contribution in [2.75, 3.05) is 6.54 Å². The zero-order valence-corrected chi connectivity index (χ0v) is 15.1. The van der Waals surface area contributed by atoms with Gasteiger partial charge in [0.25, 0.3) is 5.91 Å². The SMILES string of the molecule is CCC1c2ccsc2CCN1C(=O)c1cnc(-c2cccs2)s1. The van der Waals surface area contributed by atoms with Crippen LogP contribution in [0.5, 0.6) is 0 Å². The molecule has 0 fully saturated rings. The van der Waals surface area contributed by atoms with Gasteiger partial charge in [-0.2, -0.15) is 0 Å². The Bertz CT molecular complexity index is 819. The number of thiophene rings is 2. The molecule has 1 amide bonds. The number of nitrogens with zero attached hydrogens (tertiary/aromatic N) is 2. The van der Waals surface area contributed by atoms with Crippen LogP contribution in [0.3, 0.4) is 0 Å². The molecule has 0 saturated carbocycles. The number of amides is 1. The molecule has 6 heteroatoms. The van der Waals surface area contributed by atoms with E-state index in [-0.39, 0.29) is 11.9 Å². The van der Waals surface area contributed by atoms with Crippen LogP contribution in [-0.4, -0.2) is 22.3 Å². The normalized spacial score (nSPS) is 17.3. The second kappa shape index (κ2) is 6.19. The number of hydrogen-bond acceptors (Lipinski definition) is 5. The highest BCUT2D eigenvalue weighted by molar-refractivity contribution is 7.22. The van der Waals surface area contributed by atoms with E-state index in [2.05, 4.69) is 23.4 Å². The van der Waals surface area contributed by atoms with Crippen molar-refractivity contribution in [3.8, 4) is 9.88 Å². The van der Waals surface area contributed by atoms with E-state index in [4.69, 9.17) is 0 Å². The Hall–Kier alpha value is -1.50. The number of hydrogen-bond donors (Lipinski definition) is 0. The van der Waals surface area contributed by atoms with E-state index < -0.39 is 0 Å². The fraction of sp³-hybridized carbons (Fsp3) is 0.294. The Labute approximate surface area is 147 Å². The molecule has 0 spiro atoms. The van der Waals surface area contributed by atoms with Gasteiger partial charge in [0.1, 0.15) is 9.88 Å². The molecule has 0 aromatic carbocycles. The first-order valence-corrected chi connectivity index (χ1v) is 10.2. The first kappa shape index (κ1) is 15.1. The highest BCUT2D eigenvalue weighted by Gasteiger charge is 2.31. The van der Waals surface area contributed by atoms with Gasteiger partial charge < -0.3 is 4.90 Å². The Morgan fingerprint density at radius 1 is 1.35 bits per heavy atom. The molecule has 0 radical (unpaired) electrons. The lowest BCUT2D eigenvalue weighted by molar-refractivity contribution is 0.0662. The highest BCUT2D eigenvalue weighted by Crippen LogP contribution is 2.37. The molecule has 3 aromatic rings. The molecule has 4 heterocycles. The quantitative estimate of drug-likeness (QED) is 0.652. The van der Waals surface area contributed by atoms with Crippen LogP contribution < -0.4 is 0 Å². The summed E-state index contributed by atoms with van der Waals surface area (Å²) in [6.07, 6.45) is 3.65. The summed E-state index contributed by atoms with van der Waals surface area (Å²) in [5.74, 6) is 0.119. The average molecular weight is 361 g/mol. The van der Waals surface area contributed by atoms with Crippen LogP contribution >= 0.6 is 34.0 Å². The van der Waals surface area contributed by atoms with Crippen molar-refractivity contribution in [3.63, 3.8) is 0 Å². The maximum Gasteiger partial charge on any atom is 0.266 e. The molecule has 1 aliphatic rings. The van der Waals surface area contributed by atoms with Gasteiger partial charge in [0.15, 0.2) is 0 Å². The van der Waals surface area contributed by atoms with Crippen molar-refractivity contribution in [1.82, 2.24) is 9.88 Å². The molecule has 1 aliphatic heterocycles. The van der Waals surface area contributed by atoms with Crippen molar-refractivity contribution in [1.29, 1.82) is 0 Å². The summed E-state index contributed by atoms with van der Waals surface area (Å²) in [7, 11) is 0. The summed E-state index contributed by atoms with van der Waals surface area (Å²) < 4.78 is 0.